The summed E-state index contributed by atoms with van der Waals surface area (Å²) >= 11 is 5.30. The van der Waals surface area contributed by atoms with Gasteiger partial charge in [-0.05, 0) is 42.4 Å². The Morgan fingerprint density at radius 2 is 1.90 bits per heavy atom. The molecule has 0 spiro atoms. The summed E-state index contributed by atoms with van der Waals surface area (Å²) in [5, 5.41) is 2.72. The van der Waals surface area contributed by atoms with Gasteiger partial charge in [-0.1, -0.05) is 25.1 Å². The van der Waals surface area contributed by atoms with Crippen molar-refractivity contribution in [2.24, 2.45) is 0 Å². The fourth-order valence-corrected chi connectivity index (χ4v) is 4.02. The second-order valence-electron chi connectivity index (χ2n) is 7.56. The van der Waals surface area contributed by atoms with E-state index in [0.717, 1.165) is 44.0 Å². The Morgan fingerprint density at radius 3 is 2.63 bits per heavy atom. The number of quaternary nitrogens is 1. The largest absolute Gasteiger partial charge is 0.441 e. The summed E-state index contributed by atoms with van der Waals surface area (Å²) in [5.41, 5.74) is 1.65. The summed E-state index contributed by atoms with van der Waals surface area (Å²) < 4.78 is 5.93. The number of aryl methyl sites for hydroxylation is 1. The van der Waals surface area contributed by atoms with Crippen molar-refractivity contribution in [1.82, 2.24) is 5.32 Å². The van der Waals surface area contributed by atoms with E-state index in [0.29, 0.717) is 11.4 Å². The number of rotatable bonds is 4. The van der Waals surface area contributed by atoms with E-state index in [9.17, 15) is 9.59 Å². The van der Waals surface area contributed by atoms with Gasteiger partial charge in [-0.15, -0.1) is 0 Å². The lowest BCUT2D eigenvalue weighted by molar-refractivity contribution is -0.880. The monoisotopic (exact) mass is 425 g/mol. The van der Waals surface area contributed by atoms with Crippen LogP contribution in [0.4, 0.5) is 11.6 Å². The average Bonchev–Trinajstić information content (AvgIpc) is 3.20. The minimum atomic E-state index is -0.517. The number of benzene rings is 1. The van der Waals surface area contributed by atoms with E-state index in [1.54, 1.807) is 6.07 Å². The summed E-state index contributed by atoms with van der Waals surface area (Å²) in [6.45, 7) is 5.91. The number of furan rings is 1. The third kappa shape index (κ3) is 3.88. The molecule has 0 aliphatic carbocycles. The molecule has 4 rings (SSSR count). The Kier molecular flexibility index (Phi) is 5.69. The van der Waals surface area contributed by atoms with Gasteiger partial charge in [-0.2, -0.15) is 0 Å². The zero-order chi connectivity index (χ0) is 21.3. The maximum absolute atomic E-state index is 13.2. The lowest BCUT2D eigenvalue weighted by Crippen LogP contribution is -3.12. The number of nitrogens with one attached hydrogen (secondary N) is 2. The van der Waals surface area contributed by atoms with Crippen LogP contribution in [0.25, 0.3) is 6.08 Å². The van der Waals surface area contributed by atoms with Gasteiger partial charge in [0, 0.05) is 6.07 Å². The normalized spacial score (nSPS) is 19.5. The predicted molar refractivity (Wildman–Crippen MR) is 120 cm³/mol. The third-order valence-corrected chi connectivity index (χ3v) is 5.83. The van der Waals surface area contributed by atoms with E-state index in [4.69, 9.17) is 16.6 Å². The highest BCUT2D eigenvalue weighted by Gasteiger charge is 2.35. The lowest BCUT2D eigenvalue weighted by Gasteiger charge is -2.30. The molecule has 2 amide bonds. The van der Waals surface area contributed by atoms with E-state index < -0.39 is 11.8 Å². The number of hydrogen-bond donors (Lipinski definition) is 2. The smallest absolute Gasteiger partial charge is 0.270 e. The predicted octanol–water partition coefficient (Wildman–Crippen LogP) is 1.01. The van der Waals surface area contributed by atoms with Crippen molar-refractivity contribution in [1.29, 1.82) is 0 Å². The van der Waals surface area contributed by atoms with Crippen LogP contribution in [0, 0.1) is 0 Å². The number of para-hydroxylation sites is 1. The van der Waals surface area contributed by atoms with Crippen LogP contribution in [-0.2, 0) is 16.0 Å². The number of carbonyl (C=O) groups excluding carboxylic acids is 2. The van der Waals surface area contributed by atoms with E-state index in [1.165, 1.54) is 15.9 Å². The van der Waals surface area contributed by atoms with Crippen molar-refractivity contribution in [3.63, 3.8) is 0 Å². The standard InChI is InChI=1S/C22H24N4O3S/c1-3-15-6-4-5-7-18(15)26-21(28)17(20(27)23-22(26)30)14-16-8-9-19(29-16)25-12-10-24(2)11-13-25/h4-9,14H,3,10-13H2,1-2H3,(H,23,27,30)/p+1/b17-14-. The number of anilines is 2. The molecule has 0 atom stereocenters. The molecule has 2 N–H and O–H groups in total. The number of carbonyl (C=O) groups is 2. The number of likely N-dealkylation sites (N-methyl/N-ethyl adjacent to an activating group) is 1. The van der Waals surface area contributed by atoms with Crippen molar-refractivity contribution in [2.75, 3.05) is 43.0 Å². The van der Waals surface area contributed by atoms with Crippen LogP contribution < -0.4 is 20.0 Å². The average molecular weight is 426 g/mol. The van der Waals surface area contributed by atoms with Gasteiger partial charge in [0.1, 0.15) is 11.3 Å². The topological polar surface area (TPSA) is 70.2 Å². The molecule has 0 unspecified atom stereocenters. The quantitative estimate of drug-likeness (QED) is 0.435. The van der Waals surface area contributed by atoms with Crippen molar-refractivity contribution in [3.8, 4) is 0 Å². The summed E-state index contributed by atoms with van der Waals surface area (Å²) in [4.78, 5) is 30.8. The highest BCUT2D eigenvalue weighted by Crippen LogP contribution is 2.27. The number of amides is 2. The number of nitrogens with zero attached hydrogens (tertiary/aromatic N) is 2. The van der Waals surface area contributed by atoms with Crippen LogP contribution in [0.2, 0.25) is 0 Å². The zero-order valence-electron chi connectivity index (χ0n) is 17.1. The molecule has 30 heavy (non-hydrogen) atoms. The highest BCUT2D eigenvalue weighted by molar-refractivity contribution is 7.80. The molecule has 0 radical (unpaired) electrons. The van der Waals surface area contributed by atoms with Crippen molar-refractivity contribution >= 4 is 46.8 Å². The van der Waals surface area contributed by atoms with E-state index in [2.05, 4.69) is 17.3 Å². The van der Waals surface area contributed by atoms with Crippen molar-refractivity contribution in [3.05, 3.63) is 53.3 Å². The Balaban J connectivity index is 1.62. The molecule has 0 saturated carbocycles. The molecule has 1 aromatic carbocycles. The summed E-state index contributed by atoms with van der Waals surface area (Å²) in [5.74, 6) is 0.246. The van der Waals surface area contributed by atoms with Gasteiger partial charge in [0.2, 0.25) is 0 Å². The first-order valence-electron chi connectivity index (χ1n) is 10.1. The first-order valence-corrected chi connectivity index (χ1v) is 10.5. The van der Waals surface area contributed by atoms with E-state index >= 15 is 0 Å². The molecule has 2 aliphatic rings. The fourth-order valence-electron chi connectivity index (χ4n) is 3.75. The van der Waals surface area contributed by atoms with Gasteiger partial charge in [-0.25, -0.2) is 0 Å². The lowest BCUT2D eigenvalue weighted by atomic mass is 10.1. The molecule has 8 heteroatoms. The highest BCUT2D eigenvalue weighted by atomic mass is 32.1. The molecule has 2 fully saturated rings. The zero-order valence-corrected chi connectivity index (χ0v) is 17.9. The van der Waals surface area contributed by atoms with Gasteiger partial charge >= 0.3 is 0 Å². The van der Waals surface area contributed by atoms with Crippen LogP contribution in [0.5, 0.6) is 0 Å². The minimum Gasteiger partial charge on any atom is -0.441 e. The second-order valence-corrected chi connectivity index (χ2v) is 7.95. The fraction of sp³-hybridized carbons (Fsp3) is 0.318. The third-order valence-electron chi connectivity index (χ3n) is 5.54. The van der Waals surface area contributed by atoms with Gasteiger partial charge in [0.05, 0.1) is 38.9 Å². The summed E-state index contributed by atoms with van der Waals surface area (Å²) in [6, 6.07) is 11.2. The maximum atomic E-state index is 13.2. The summed E-state index contributed by atoms with van der Waals surface area (Å²) in [6.07, 6.45) is 2.23. The van der Waals surface area contributed by atoms with Crippen LogP contribution >= 0.6 is 12.2 Å². The first kappa shape index (κ1) is 20.3. The number of piperazine rings is 1. The Hall–Kier alpha value is -2.97. The maximum Gasteiger partial charge on any atom is 0.270 e. The number of thiocarbonyl (C=S) groups is 1. The molecule has 2 saturated heterocycles. The van der Waals surface area contributed by atoms with E-state index in [1.807, 2.05) is 37.3 Å². The van der Waals surface area contributed by atoms with Gasteiger partial charge < -0.3 is 14.2 Å². The van der Waals surface area contributed by atoms with Gasteiger partial charge in [0.15, 0.2) is 11.0 Å². The van der Waals surface area contributed by atoms with Crippen molar-refractivity contribution in [2.45, 2.75) is 13.3 Å². The molecule has 2 aliphatic heterocycles. The molecule has 1 aromatic heterocycles. The molecule has 7 nitrogen and oxygen atoms in total. The minimum absolute atomic E-state index is 0.00164. The first-order chi connectivity index (χ1) is 14.5. The Labute approximate surface area is 180 Å². The van der Waals surface area contributed by atoms with Crippen LogP contribution in [0.15, 0.2) is 46.4 Å². The van der Waals surface area contributed by atoms with Gasteiger partial charge in [-0.3, -0.25) is 19.8 Å². The van der Waals surface area contributed by atoms with Crippen LogP contribution in [-0.4, -0.2) is 50.2 Å². The molecule has 2 aromatic rings. The van der Waals surface area contributed by atoms with Crippen LogP contribution in [0.1, 0.15) is 18.2 Å². The second kappa shape index (κ2) is 8.41. The Bertz CT molecular complexity index is 1020. The molecular weight excluding hydrogens is 400 g/mol. The SMILES string of the molecule is CCc1ccccc1N1C(=O)/C(=C\c2ccc(N3CC[NH+](C)CC3)o2)C(=O)NC1=S. The van der Waals surface area contributed by atoms with Crippen LogP contribution in [0.3, 0.4) is 0 Å². The number of hydrogen-bond acceptors (Lipinski definition) is 5. The van der Waals surface area contributed by atoms with Gasteiger partial charge in [0.25, 0.3) is 11.8 Å². The molecule has 0 bridgehead atoms. The molecule has 156 valence electrons. The molecular formula is C22H25N4O3S+. The van der Waals surface area contributed by atoms with E-state index in [-0.39, 0.29) is 10.7 Å². The Morgan fingerprint density at radius 1 is 1.17 bits per heavy atom. The van der Waals surface area contributed by atoms with Crippen molar-refractivity contribution < 1.29 is 18.9 Å². The summed E-state index contributed by atoms with van der Waals surface area (Å²) in [7, 11) is 2.18. The molecule has 3 heterocycles.